The molecule has 0 aliphatic rings. The van der Waals surface area contributed by atoms with Crippen molar-refractivity contribution in [1.29, 1.82) is 0 Å². The minimum atomic E-state index is -1.11. The van der Waals surface area contributed by atoms with Gasteiger partial charge >= 0.3 is 11.9 Å². The van der Waals surface area contributed by atoms with Crippen LogP contribution in [0.15, 0.2) is 12.1 Å². The van der Waals surface area contributed by atoms with Crippen molar-refractivity contribution in [3.8, 4) is 0 Å². The van der Waals surface area contributed by atoms with Crippen LogP contribution in [0.25, 0.3) is 0 Å². The van der Waals surface area contributed by atoms with E-state index in [2.05, 4.69) is 18.7 Å². The van der Waals surface area contributed by atoms with Gasteiger partial charge in [0.1, 0.15) is 0 Å². The first-order chi connectivity index (χ1) is 10.4. The average Bonchev–Trinajstić information content (AvgIpc) is 2.47. The quantitative estimate of drug-likeness (QED) is 0.725. The lowest BCUT2D eigenvalue weighted by Gasteiger charge is -2.28. The second-order valence-electron chi connectivity index (χ2n) is 5.49. The summed E-state index contributed by atoms with van der Waals surface area (Å²) in [4.78, 5) is 24.8. The van der Waals surface area contributed by atoms with Gasteiger partial charge in [0, 0.05) is 13.1 Å². The third-order valence-electron chi connectivity index (χ3n) is 3.66. The minimum absolute atomic E-state index is 0.0181. The van der Waals surface area contributed by atoms with E-state index in [4.69, 9.17) is 5.11 Å². The lowest BCUT2D eigenvalue weighted by atomic mass is 10.0. The molecule has 0 unspecified atom stereocenters. The lowest BCUT2D eigenvalue weighted by Crippen LogP contribution is -2.28. The van der Waals surface area contributed by atoms with E-state index in [0.717, 1.165) is 38.8 Å². The molecule has 2 N–H and O–H groups in total. The highest BCUT2D eigenvalue weighted by Crippen LogP contribution is 2.28. The minimum Gasteiger partial charge on any atom is -0.478 e. The number of nitrogens with zero attached hydrogens (tertiary/aromatic N) is 1. The van der Waals surface area contributed by atoms with E-state index in [1.54, 1.807) is 13.0 Å². The predicted octanol–water partition coefficient (Wildman–Crippen LogP) is 3.80. The lowest BCUT2D eigenvalue weighted by molar-refractivity contribution is 0.0696. The average molecular weight is 307 g/mol. The molecule has 0 atom stereocenters. The van der Waals surface area contributed by atoms with Gasteiger partial charge in [-0.2, -0.15) is 0 Å². The zero-order valence-corrected chi connectivity index (χ0v) is 13.6. The van der Waals surface area contributed by atoms with Crippen LogP contribution >= 0.6 is 0 Å². The molecule has 0 radical (unpaired) electrons. The van der Waals surface area contributed by atoms with Crippen LogP contribution in [0, 0.1) is 6.92 Å². The summed E-state index contributed by atoms with van der Waals surface area (Å²) >= 11 is 0. The van der Waals surface area contributed by atoms with Crippen LogP contribution in [-0.4, -0.2) is 35.2 Å². The molecule has 1 rings (SSSR count). The van der Waals surface area contributed by atoms with Gasteiger partial charge in [-0.1, -0.05) is 26.7 Å². The first kappa shape index (κ1) is 18.0. The van der Waals surface area contributed by atoms with Crippen LogP contribution in [0.1, 0.15) is 65.8 Å². The van der Waals surface area contributed by atoms with Gasteiger partial charge in [0.05, 0.1) is 16.8 Å². The van der Waals surface area contributed by atoms with Crippen molar-refractivity contribution in [2.75, 3.05) is 18.0 Å². The number of aromatic carboxylic acids is 2. The van der Waals surface area contributed by atoms with Crippen molar-refractivity contribution >= 4 is 17.6 Å². The van der Waals surface area contributed by atoms with Crippen molar-refractivity contribution in [3.05, 3.63) is 28.8 Å². The smallest absolute Gasteiger partial charge is 0.337 e. The molecule has 5 heteroatoms. The molecule has 0 spiro atoms. The maximum absolute atomic E-state index is 11.6. The fourth-order valence-corrected chi connectivity index (χ4v) is 2.52. The highest BCUT2D eigenvalue weighted by Gasteiger charge is 2.21. The highest BCUT2D eigenvalue weighted by molar-refractivity contribution is 5.99. The molecule has 0 bridgehead atoms. The van der Waals surface area contributed by atoms with E-state index in [9.17, 15) is 14.7 Å². The molecule has 1 aromatic carbocycles. The molecule has 0 fully saturated rings. The molecule has 0 aliphatic heterocycles. The molecule has 0 aliphatic carbocycles. The third-order valence-corrected chi connectivity index (χ3v) is 3.66. The summed E-state index contributed by atoms with van der Waals surface area (Å²) in [7, 11) is 0. The summed E-state index contributed by atoms with van der Waals surface area (Å²) < 4.78 is 0. The first-order valence-electron chi connectivity index (χ1n) is 7.78. The van der Waals surface area contributed by atoms with Gasteiger partial charge < -0.3 is 15.1 Å². The summed E-state index contributed by atoms with van der Waals surface area (Å²) in [5.41, 5.74) is 1.44. The Labute approximate surface area is 131 Å². The number of carboxylic acids is 2. The number of carbonyl (C=O) groups is 2. The molecule has 1 aromatic rings. The Morgan fingerprint density at radius 1 is 1.00 bits per heavy atom. The van der Waals surface area contributed by atoms with E-state index in [1.165, 1.54) is 6.07 Å². The molecule has 5 nitrogen and oxygen atoms in total. The number of unbranched alkanes of at least 4 members (excludes halogenated alkanes) is 2. The Hall–Kier alpha value is -2.04. The third kappa shape index (κ3) is 4.48. The van der Waals surface area contributed by atoms with Gasteiger partial charge in [-0.15, -0.1) is 0 Å². The van der Waals surface area contributed by atoms with Crippen molar-refractivity contribution in [1.82, 2.24) is 0 Å². The summed E-state index contributed by atoms with van der Waals surface area (Å²) in [6.07, 6.45) is 4.00. The number of anilines is 1. The second-order valence-corrected chi connectivity index (χ2v) is 5.49. The molecule has 0 saturated carbocycles. The highest BCUT2D eigenvalue weighted by atomic mass is 16.4. The van der Waals surface area contributed by atoms with Gasteiger partial charge in [0.25, 0.3) is 0 Å². The fourth-order valence-electron chi connectivity index (χ4n) is 2.52. The van der Waals surface area contributed by atoms with Crippen molar-refractivity contribution in [2.24, 2.45) is 0 Å². The van der Waals surface area contributed by atoms with E-state index >= 15 is 0 Å². The number of hydrogen-bond acceptors (Lipinski definition) is 3. The van der Waals surface area contributed by atoms with Gasteiger partial charge in [0.2, 0.25) is 0 Å². The van der Waals surface area contributed by atoms with Gasteiger partial charge in [0.15, 0.2) is 0 Å². The summed E-state index contributed by atoms with van der Waals surface area (Å²) in [6.45, 7) is 7.53. The topological polar surface area (TPSA) is 77.8 Å². The van der Waals surface area contributed by atoms with E-state index in [0.29, 0.717) is 11.3 Å². The normalized spacial score (nSPS) is 10.5. The Bertz CT molecular complexity index is 532. The fraction of sp³-hybridized carbons (Fsp3) is 0.529. The van der Waals surface area contributed by atoms with Crippen molar-refractivity contribution in [3.63, 3.8) is 0 Å². The number of rotatable bonds is 9. The number of hydrogen-bond donors (Lipinski definition) is 2. The van der Waals surface area contributed by atoms with E-state index < -0.39 is 11.9 Å². The maximum atomic E-state index is 11.6. The first-order valence-corrected chi connectivity index (χ1v) is 7.78. The summed E-state index contributed by atoms with van der Waals surface area (Å²) in [6, 6.07) is 2.81. The molecule has 122 valence electrons. The van der Waals surface area contributed by atoms with E-state index in [-0.39, 0.29) is 11.1 Å². The molecule has 0 heterocycles. The molecule has 0 saturated heterocycles. The zero-order valence-electron chi connectivity index (χ0n) is 13.6. The maximum Gasteiger partial charge on any atom is 0.337 e. The number of carboxylic acid groups (broad SMARTS) is 2. The second kappa shape index (κ2) is 8.41. The van der Waals surface area contributed by atoms with Gasteiger partial charge in [-0.25, -0.2) is 9.59 Å². The van der Waals surface area contributed by atoms with Crippen LogP contribution in [0.4, 0.5) is 5.69 Å². The van der Waals surface area contributed by atoms with Gasteiger partial charge in [-0.3, -0.25) is 0 Å². The Morgan fingerprint density at radius 3 is 1.95 bits per heavy atom. The zero-order chi connectivity index (χ0) is 16.7. The van der Waals surface area contributed by atoms with E-state index in [1.807, 2.05) is 0 Å². The predicted molar refractivity (Wildman–Crippen MR) is 87.1 cm³/mol. The molecular weight excluding hydrogens is 282 g/mol. The van der Waals surface area contributed by atoms with Crippen molar-refractivity contribution < 1.29 is 19.8 Å². The molecular formula is C17H25NO4. The SMILES string of the molecule is CCCCN(CCCC)c1c(C)cc(C(=O)O)cc1C(=O)O. The van der Waals surface area contributed by atoms with Crippen LogP contribution in [0.2, 0.25) is 0 Å². The Kier molecular flexibility index (Phi) is 6.89. The largest absolute Gasteiger partial charge is 0.478 e. The molecule has 0 amide bonds. The van der Waals surface area contributed by atoms with Crippen LogP contribution in [0.5, 0.6) is 0 Å². The van der Waals surface area contributed by atoms with Crippen molar-refractivity contribution in [2.45, 2.75) is 46.5 Å². The van der Waals surface area contributed by atoms with Gasteiger partial charge in [-0.05, 0) is 37.5 Å². The summed E-state index contributed by atoms with van der Waals surface area (Å²) in [5, 5.41) is 18.6. The monoisotopic (exact) mass is 307 g/mol. The molecule has 22 heavy (non-hydrogen) atoms. The Morgan fingerprint density at radius 2 is 1.55 bits per heavy atom. The number of benzene rings is 1. The molecule has 0 aromatic heterocycles. The van der Waals surface area contributed by atoms with Crippen LogP contribution in [0.3, 0.4) is 0 Å². The van der Waals surface area contributed by atoms with Crippen LogP contribution in [-0.2, 0) is 0 Å². The van der Waals surface area contributed by atoms with Crippen LogP contribution < -0.4 is 4.90 Å². The number of aryl methyl sites for hydroxylation is 1. The Balaban J connectivity index is 3.32. The standard InChI is InChI=1S/C17H25NO4/c1-4-6-8-18(9-7-5-2)15-12(3)10-13(16(19)20)11-14(15)17(21)22/h10-11H,4-9H2,1-3H3,(H,19,20)(H,21,22). The summed E-state index contributed by atoms with van der Waals surface area (Å²) in [5.74, 6) is -2.19.